The molecule has 4 nitrogen and oxygen atoms in total. The number of aliphatic carboxylic acids is 2. The Morgan fingerprint density at radius 1 is 0.875 bits per heavy atom. The summed E-state index contributed by atoms with van der Waals surface area (Å²) in [4.78, 5) is 21.8. The van der Waals surface area contributed by atoms with E-state index in [0.717, 1.165) is 25.7 Å². The van der Waals surface area contributed by atoms with Crippen molar-refractivity contribution in [2.75, 3.05) is 0 Å². The van der Waals surface area contributed by atoms with Crippen LogP contribution in [0.1, 0.15) is 52.4 Å². The smallest absolute Gasteiger partial charge is 0.332 e. The molecule has 0 rings (SSSR count). The number of hydrogen-bond donors (Lipinski definition) is 2. The highest BCUT2D eigenvalue weighted by Crippen LogP contribution is 2.17. The van der Waals surface area contributed by atoms with E-state index >= 15 is 0 Å². The standard InChI is InChI=1S/C12H20O4/c1-3-5-6-7-8-10(12(15)16)9(4-2)11(13)14/h3-8H2,1-2H3,(H,13,14)(H,15,16)/b10-9+. The molecule has 16 heavy (non-hydrogen) atoms. The van der Waals surface area contributed by atoms with Crippen LogP contribution in [0.4, 0.5) is 0 Å². The lowest BCUT2D eigenvalue weighted by Crippen LogP contribution is -2.11. The van der Waals surface area contributed by atoms with Crippen LogP contribution in [0.2, 0.25) is 0 Å². The molecule has 0 aliphatic rings. The van der Waals surface area contributed by atoms with E-state index in [2.05, 4.69) is 6.92 Å². The van der Waals surface area contributed by atoms with Crippen molar-refractivity contribution in [3.63, 3.8) is 0 Å². The average molecular weight is 228 g/mol. The highest BCUT2D eigenvalue weighted by molar-refractivity contribution is 5.98. The van der Waals surface area contributed by atoms with Crippen LogP contribution < -0.4 is 0 Å². The van der Waals surface area contributed by atoms with Crippen LogP contribution in [0.25, 0.3) is 0 Å². The van der Waals surface area contributed by atoms with Crippen molar-refractivity contribution < 1.29 is 19.8 Å². The van der Waals surface area contributed by atoms with Crippen LogP contribution in [-0.2, 0) is 9.59 Å². The van der Waals surface area contributed by atoms with Crippen molar-refractivity contribution >= 4 is 11.9 Å². The Hall–Kier alpha value is -1.32. The summed E-state index contributed by atoms with van der Waals surface area (Å²) in [6.07, 6.45) is 4.43. The highest BCUT2D eigenvalue weighted by Gasteiger charge is 2.17. The largest absolute Gasteiger partial charge is 0.478 e. The zero-order chi connectivity index (χ0) is 12.6. The second-order valence-electron chi connectivity index (χ2n) is 3.73. The van der Waals surface area contributed by atoms with E-state index in [0.29, 0.717) is 6.42 Å². The Kier molecular flexibility index (Phi) is 7.25. The minimum Gasteiger partial charge on any atom is -0.478 e. The van der Waals surface area contributed by atoms with Crippen LogP contribution in [0.3, 0.4) is 0 Å². The van der Waals surface area contributed by atoms with E-state index in [-0.39, 0.29) is 17.6 Å². The zero-order valence-electron chi connectivity index (χ0n) is 9.95. The number of rotatable bonds is 8. The monoisotopic (exact) mass is 228 g/mol. The first kappa shape index (κ1) is 14.7. The zero-order valence-corrected chi connectivity index (χ0v) is 9.95. The third-order valence-electron chi connectivity index (χ3n) is 2.51. The molecule has 92 valence electrons. The van der Waals surface area contributed by atoms with Gasteiger partial charge < -0.3 is 10.2 Å². The number of carbonyl (C=O) groups is 2. The van der Waals surface area contributed by atoms with Crippen LogP contribution >= 0.6 is 0 Å². The molecule has 0 radical (unpaired) electrons. The van der Waals surface area contributed by atoms with Gasteiger partial charge in [0.05, 0.1) is 0 Å². The molecule has 0 aromatic carbocycles. The predicted molar refractivity (Wildman–Crippen MR) is 61.3 cm³/mol. The molecule has 0 aromatic rings. The lowest BCUT2D eigenvalue weighted by Gasteiger charge is -2.06. The van der Waals surface area contributed by atoms with Crippen LogP contribution in [0.15, 0.2) is 11.1 Å². The normalized spacial score (nSPS) is 12.1. The van der Waals surface area contributed by atoms with E-state index in [1.807, 2.05) is 0 Å². The van der Waals surface area contributed by atoms with Gasteiger partial charge in [-0.2, -0.15) is 0 Å². The average Bonchev–Trinajstić information content (AvgIpc) is 2.21. The van der Waals surface area contributed by atoms with Crippen molar-refractivity contribution in [3.05, 3.63) is 11.1 Å². The van der Waals surface area contributed by atoms with Crippen molar-refractivity contribution in [1.82, 2.24) is 0 Å². The van der Waals surface area contributed by atoms with Gasteiger partial charge in [-0.25, -0.2) is 9.59 Å². The molecule has 0 atom stereocenters. The lowest BCUT2D eigenvalue weighted by atomic mass is 9.99. The van der Waals surface area contributed by atoms with Gasteiger partial charge in [0.25, 0.3) is 0 Å². The molecule has 2 N–H and O–H groups in total. The molecule has 0 amide bonds. The van der Waals surface area contributed by atoms with Gasteiger partial charge in [-0.1, -0.05) is 33.1 Å². The summed E-state index contributed by atoms with van der Waals surface area (Å²) < 4.78 is 0. The fraction of sp³-hybridized carbons (Fsp3) is 0.667. The highest BCUT2D eigenvalue weighted by atomic mass is 16.4. The Bertz CT molecular complexity index is 279. The van der Waals surface area contributed by atoms with Crippen molar-refractivity contribution in [2.24, 2.45) is 0 Å². The first-order chi connectivity index (χ1) is 7.54. The molecule has 0 spiro atoms. The maximum absolute atomic E-state index is 10.9. The number of unbranched alkanes of at least 4 members (excludes halogenated alkanes) is 3. The molecule has 0 heterocycles. The molecular weight excluding hydrogens is 208 g/mol. The first-order valence-electron chi connectivity index (χ1n) is 5.73. The first-order valence-corrected chi connectivity index (χ1v) is 5.73. The summed E-state index contributed by atoms with van der Waals surface area (Å²) in [6, 6.07) is 0. The van der Waals surface area contributed by atoms with E-state index in [1.165, 1.54) is 0 Å². The van der Waals surface area contributed by atoms with Gasteiger partial charge >= 0.3 is 11.9 Å². The van der Waals surface area contributed by atoms with Crippen LogP contribution in [-0.4, -0.2) is 22.2 Å². The quantitative estimate of drug-likeness (QED) is 0.495. The van der Waals surface area contributed by atoms with Gasteiger partial charge in [0.1, 0.15) is 0 Å². The minimum absolute atomic E-state index is 0.0315. The molecule has 0 bridgehead atoms. The van der Waals surface area contributed by atoms with Crippen molar-refractivity contribution in [1.29, 1.82) is 0 Å². The summed E-state index contributed by atoms with van der Waals surface area (Å²) >= 11 is 0. The van der Waals surface area contributed by atoms with Crippen molar-refractivity contribution in [2.45, 2.75) is 52.4 Å². The third-order valence-corrected chi connectivity index (χ3v) is 2.51. The second kappa shape index (κ2) is 7.91. The van der Waals surface area contributed by atoms with Gasteiger partial charge in [-0.3, -0.25) is 0 Å². The van der Waals surface area contributed by atoms with Crippen molar-refractivity contribution in [3.8, 4) is 0 Å². The summed E-state index contributed by atoms with van der Waals surface area (Å²) in [5, 5.41) is 17.8. The lowest BCUT2D eigenvalue weighted by molar-refractivity contribution is -0.136. The Morgan fingerprint density at radius 2 is 1.44 bits per heavy atom. The number of hydrogen-bond acceptors (Lipinski definition) is 2. The molecule has 0 aromatic heterocycles. The Labute approximate surface area is 96.0 Å². The topological polar surface area (TPSA) is 74.6 Å². The number of carboxylic acid groups (broad SMARTS) is 2. The second-order valence-corrected chi connectivity index (χ2v) is 3.73. The van der Waals surface area contributed by atoms with Gasteiger partial charge in [-0.05, 0) is 19.3 Å². The summed E-state index contributed by atoms with van der Waals surface area (Å²) in [5.41, 5.74) is 0.0927. The van der Waals surface area contributed by atoms with Crippen LogP contribution in [0, 0.1) is 0 Å². The molecule has 0 aliphatic carbocycles. The van der Waals surface area contributed by atoms with E-state index in [9.17, 15) is 9.59 Å². The maximum Gasteiger partial charge on any atom is 0.332 e. The van der Waals surface area contributed by atoms with E-state index in [4.69, 9.17) is 10.2 Å². The van der Waals surface area contributed by atoms with Crippen LogP contribution in [0.5, 0.6) is 0 Å². The van der Waals surface area contributed by atoms with Gasteiger partial charge in [0.15, 0.2) is 0 Å². The predicted octanol–water partition coefficient (Wildman–Crippen LogP) is 2.83. The summed E-state index contributed by atoms with van der Waals surface area (Å²) in [5.74, 6) is -2.22. The van der Waals surface area contributed by atoms with E-state index < -0.39 is 11.9 Å². The Morgan fingerprint density at radius 3 is 1.81 bits per heavy atom. The summed E-state index contributed by atoms with van der Waals surface area (Å²) in [7, 11) is 0. The number of carboxylic acids is 2. The fourth-order valence-corrected chi connectivity index (χ4v) is 1.61. The molecular formula is C12H20O4. The fourth-order valence-electron chi connectivity index (χ4n) is 1.61. The third kappa shape index (κ3) is 4.96. The maximum atomic E-state index is 10.9. The molecule has 0 aliphatic heterocycles. The van der Waals surface area contributed by atoms with Gasteiger partial charge in [-0.15, -0.1) is 0 Å². The van der Waals surface area contributed by atoms with Gasteiger partial charge in [0, 0.05) is 11.1 Å². The Balaban J connectivity index is 4.59. The minimum atomic E-state index is -1.12. The molecule has 0 unspecified atom stereocenters. The molecule has 0 saturated heterocycles. The molecule has 0 saturated carbocycles. The molecule has 0 fully saturated rings. The van der Waals surface area contributed by atoms with E-state index in [1.54, 1.807) is 6.92 Å². The SMILES string of the molecule is CCCCCC/C(C(=O)O)=C(/CC)C(=O)O. The summed E-state index contributed by atoms with van der Waals surface area (Å²) in [6.45, 7) is 3.74. The van der Waals surface area contributed by atoms with Gasteiger partial charge in [0.2, 0.25) is 0 Å². The molecule has 4 heteroatoms.